The number of hydrogen-bond donors (Lipinski definition) is 1. The van der Waals surface area contributed by atoms with Gasteiger partial charge in [-0.3, -0.25) is 9.59 Å². The van der Waals surface area contributed by atoms with Crippen molar-refractivity contribution in [2.24, 2.45) is 5.92 Å². The third-order valence-corrected chi connectivity index (χ3v) is 4.15. The van der Waals surface area contributed by atoms with E-state index in [9.17, 15) is 9.59 Å². The summed E-state index contributed by atoms with van der Waals surface area (Å²) in [5, 5.41) is 12.9. The van der Waals surface area contributed by atoms with Gasteiger partial charge in [0.1, 0.15) is 0 Å². The van der Waals surface area contributed by atoms with Crippen LogP contribution in [0.5, 0.6) is 0 Å². The van der Waals surface area contributed by atoms with Crippen LogP contribution in [-0.4, -0.2) is 45.6 Å². The zero-order valence-corrected chi connectivity index (χ0v) is 13.1. The van der Waals surface area contributed by atoms with Crippen molar-refractivity contribution in [3.63, 3.8) is 0 Å². The Labute approximate surface area is 129 Å². The first-order valence-corrected chi connectivity index (χ1v) is 7.76. The summed E-state index contributed by atoms with van der Waals surface area (Å²) in [7, 11) is 1.61. The minimum atomic E-state index is -0.905. The molecule has 0 saturated heterocycles. The van der Waals surface area contributed by atoms with Gasteiger partial charge in [-0.15, -0.1) is 0 Å². The fourth-order valence-corrected chi connectivity index (χ4v) is 2.71. The van der Waals surface area contributed by atoms with Crippen molar-refractivity contribution in [1.29, 1.82) is 0 Å². The van der Waals surface area contributed by atoms with E-state index in [1.54, 1.807) is 14.0 Å². The maximum absolute atomic E-state index is 12.0. The topological polar surface area (TPSA) is 96.5 Å². The standard InChI is InChI=1S/C15H23N3O4/c1-10(15(20)21)9-18(2)13(19)8-7-12-16-14(17-22-12)11-5-3-4-6-11/h10-11H,3-9H2,1-2H3,(H,20,21). The number of rotatable bonds is 7. The largest absolute Gasteiger partial charge is 0.481 e. The highest BCUT2D eigenvalue weighted by Crippen LogP contribution is 2.32. The third kappa shape index (κ3) is 4.29. The molecule has 2 rings (SSSR count). The fraction of sp³-hybridized carbons (Fsp3) is 0.733. The number of nitrogens with zero attached hydrogens (tertiary/aromatic N) is 3. The van der Waals surface area contributed by atoms with Crippen LogP contribution in [0.25, 0.3) is 0 Å². The first-order chi connectivity index (χ1) is 10.5. The molecule has 1 aliphatic rings. The van der Waals surface area contributed by atoms with Gasteiger partial charge >= 0.3 is 5.97 Å². The Bertz CT molecular complexity index is 523. The molecule has 1 aromatic heterocycles. The molecular formula is C15H23N3O4. The molecule has 7 heteroatoms. The zero-order valence-electron chi connectivity index (χ0n) is 13.1. The Balaban J connectivity index is 1.79. The highest BCUT2D eigenvalue weighted by molar-refractivity contribution is 5.77. The molecule has 1 aliphatic carbocycles. The summed E-state index contributed by atoms with van der Waals surface area (Å²) in [5.41, 5.74) is 0. The minimum Gasteiger partial charge on any atom is -0.481 e. The van der Waals surface area contributed by atoms with Crippen LogP contribution in [0.15, 0.2) is 4.52 Å². The van der Waals surface area contributed by atoms with E-state index in [1.165, 1.54) is 17.7 Å². The molecule has 0 aliphatic heterocycles. The van der Waals surface area contributed by atoms with E-state index in [0.717, 1.165) is 18.7 Å². The molecule has 0 spiro atoms. The van der Waals surface area contributed by atoms with E-state index in [-0.39, 0.29) is 18.9 Å². The van der Waals surface area contributed by atoms with Gasteiger partial charge in [-0.2, -0.15) is 4.98 Å². The molecule has 1 fully saturated rings. The number of aryl methyl sites for hydroxylation is 1. The van der Waals surface area contributed by atoms with Gasteiger partial charge in [0.2, 0.25) is 11.8 Å². The molecule has 0 bridgehead atoms. The second kappa shape index (κ2) is 7.38. The van der Waals surface area contributed by atoms with Crippen LogP contribution in [0.2, 0.25) is 0 Å². The van der Waals surface area contributed by atoms with E-state index in [2.05, 4.69) is 10.1 Å². The summed E-state index contributed by atoms with van der Waals surface area (Å²) in [6.07, 6.45) is 5.26. The maximum atomic E-state index is 12.0. The number of amides is 1. The molecule has 7 nitrogen and oxygen atoms in total. The Kier molecular flexibility index (Phi) is 5.51. The first kappa shape index (κ1) is 16.5. The predicted octanol–water partition coefficient (Wildman–Crippen LogP) is 1.84. The van der Waals surface area contributed by atoms with Crippen molar-refractivity contribution in [3.05, 3.63) is 11.7 Å². The molecule has 1 atom stereocenters. The molecule has 1 aromatic rings. The first-order valence-electron chi connectivity index (χ1n) is 7.76. The molecule has 0 radical (unpaired) electrons. The third-order valence-electron chi connectivity index (χ3n) is 4.15. The molecule has 0 aromatic carbocycles. The summed E-state index contributed by atoms with van der Waals surface area (Å²) in [5.74, 6) is 0.0350. The molecule has 1 amide bonds. The van der Waals surface area contributed by atoms with Gasteiger partial charge in [-0.25, -0.2) is 0 Å². The number of hydrogen-bond acceptors (Lipinski definition) is 5. The normalized spacial score (nSPS) is 16.6. The summed E-state index contributed by atoms with van der Waals surface area (Å²) in [6, 6.07) is 0. The van der Waals surface area contributed by atoms with Crippen LogP contribution in [0, 0.1) is 5.92 Å². The Morgan fingerprint density at radius 2 is 2.09 bits per heavy atom. The monoisotopic (exact) mass is 309 g/mol. The van der Waals surface area contributed by atoms with E-state index >= 15 is 0 Å². The number of aromatic nitrogens is 2. The maximum Gasteiger partial charge on any atom is 0.308 e. The lowest BCUT2D eigenvalue weighted by Crippen LogP contribution is -2.33. The molecule has 1 saturated carbocycles. The molecule has 1 unspecified atom stereocenters. The van der Waals surface area contributed by atoms with Crippen molar-refractivity contribution in [2.45, 2.75) is 51.4 Å². The van der Waals surface area contributed by atoms with Crippen LogP contribution in [-0.2, 0) is 16.0 Å². The minimum absolute atomic E-state index is 0.117. The smallest absolute Gasteiger partial charge is 0.308 e. The van der Waals surface area contributed by atoms with Gasteiger partial charge in [-0.05, 0) is 12.8 Å². The molecule has 122 valence electrons. The van der Waals surface area contributed by atoms with Crippen molar-refractivity contribution in [1.82, 2.24) is 15.0 Å². The molecule has 1 N–H and O–H groups in total. The number of carboxylic acid groups (broad SMARTS) is 1. The van der Waals surface area contributed by atoms with Gasteiger partial charge in [-0.1, -0.05) is 24.9 Å². The van der Waals surface area contributed by atoms with Crippen LogP contribution >= 0.6 is 0 Å². The van der Waals surface area contributed by atoms with E-state index in [1.807, 2.05) is 0 Å². The molecule has 22 heavy (non-hydrogen) atoms. The summed E-state index contributed by atoms with van der Waals surface area (Å²) in [6.45, 7) is 1.78. The quantitative estimate of drug-likeness (QED) is 0.825. The molecule has 1 heterocycles. The zero-order chi connectivity index (χ0) is 16.1. The second-order valence-electron chi connectivity index (χ2n) is 6.04. The number of carboxylic acids is 1. The van der Waals surface area contributed by atoms with Gasteiger partial charge in [0.05, 0.1) is 5.92 Å². The fourth-order valence-electron chi connectivity index (χ4n) is 2.71. The van der Waals surface area contributed by atoms with Gasteiger partial charge in [0.25, 0.3) is 0 Å². The van der Waals surface area contributed by atoms with Gasteiger partial charge in [0, 0.05) is 32.4 Å². The van der Waals surface area contributed by atoms with Crippen molar-refractivity contribution < 1.29 is 19.2 Å². The molecular weight excluding hydrogens is 286 g/mol. The van der Waals surface area contributed by atoms with Crippen LogP contribution < -0.4 is 0 Å². The highest BCUT2D eigenvalue weighted by Gasteiger charge is 2.23. The van der Waals surface area contributed by atoms with E-state index in [0.29, 0.717) is 18.2 Å². The van der Waals surface area contributed by atoms with Crippen LogP contribution in [0.3, 0.4) is 0 Å². The van der Waals surface area contributed by atoms with E-state index < -0.39 is 11.9 Å². The number of aliphatic carboxylic acids is 1. The summed E-state index contributed by atoms with van der Waals surface area (Å²) < 4.78 is 5.20. The SMILES string of the molecule is CC(CN(C)C(=O)CCc1nc(C2CCCC2)no1)C(=O)O. The summed E-state index contributed by atoms with van der Waals surface area (Å²) >= 11 is 0. The van der Waals surface area contributed by atoms with Crippen molar-refractivity contribution in [3.8, 4) is 0 Å². The predicted molar refractivity (Wildman–Crippen MR) is 78.3 cm³/mol. The average Bonchev–Trinajstić information content (AvgIpc) is 3.15. The lowest BCUT2D eigenvalue weighted by atomic mass is 10.1. The Hall–Kier alpha value is -1.92. The lowest BCUT2D eigenvalue weighted by Gasteiger charge is -2.18. The van der Waals surface area contributed by atoms with Gasteiger partial charge < -0.3 is 14.5 Å². The Morgan fingerprint density at radius 3 is 2.73 bits per heavy atom. The Morgan fingerprint density at radius 1 is 1.41 bits per heavy atom. The second-order valence-corrected chi connectivity index (χ2v) is 6.04. The summed E-state index contributed by atoms with van der Waals surface area (Å²) in [4.78, 5) is 28.6. The number of carbonyl (C=O) groups excluding carboxylic acids is 1. The van der Waals surface area contributed by atoms with E-state index in [4.69, 9.17) is 9.63 Å². The van der Waals surface area contributed by atoms with Gasteiger partial charge in [0.15, 0.2) is 5.82 Å². The van der Waals surface area contributed by atoms with Crippen molar-refractivity contribution >= 4 is 11.9 Å². The lowest BCUT2D eigenvalue weighted by molar-refractivity contribution is -0.142. The average molecular weight is 309 g/mol. The highest BCUT2D eigenvalue weighted by atomic mass is 16.5. The van der Waals surface area contributed by atoms with Crippen LogP contribution in [0.1, 0.15) is 56.7 Å². The van der Waals surface area contributed by atoms with Crippen LogP contribution in [0.4, 0.5) is 0 Å². The van der Waals surface area contributed by atoms with Crippen molar-refractivity contribution in [2.75, 3.05) is 13.6 Å². The number of carbonyl (C=O) groups is 2.